The zero-order valence-corrected chi connectivity index (χ0v) is 16.3. The van der Waals surface area contributed by atoms with Crippen LogP contribution in [0, 0.1) is 17.8 Å². The fraction of sp³-hybridized carbons (Fsp3) is 0.667. The zero-order valence-electron chi connectivity index (χ0n) is 16.3. The predicted octanol–water partition coefficient (Wildman–Crippen LogP) is 7.18. The molecule has 144 valence electrons. The Balaban J connectivity index is 1.41. The van der Waals surface area contributed by atoms with Gasteiger partial charge in [0.15, 0.2) is 0 Å². The van der Waals surface area contributed by atoms with E-state index in [4.69, 9.17) is 4.74 Å². The summed E-state index contributed by atoms with van der Waals surface area (Å²) in [6.07, 6.45) is 15.6. The molecule has 2 fully saturated rings. The maximum Gasteiger partial charge on any atom is 0.0827 e. The zero-order chi connectivity index (χ0) is 18.2. The van der Waals surface area contributed by atoms with Crippen molar-refractivity contribution >= 4 is 0 Å². The van der Waals surface area contributed by atoms with Crippen molar-refractivity contribution in [1.82, 2.24) is 0 Å². The van der Waals surface area contributed by atoms with Gasteiger partial charge in [-0.3, -0.25) is 0 Å². The Hall–Kier alpha value is -1.15. The Morgan fingerprint density at radius 1 is 0.923 bits per heavy atom. The van der Waals surface area contributed by atoms with Crippen molar-refractivity contribution in [2.45, 2.75) is 76.7 Å². The van der Waals surface area contributed by atoms with Gasteiger partial charge in [-0.25, -0.2) is 4.39 Å². The standard InChI is InChI=1S/C24H35FO/c1-26-18-20-7-11-22(12-8-20)24-15-13-23(14-16-24)21-9-5-19(6-10-21)4-2-3-17-25/h3,7-8,11-12,17,19,21,23-24H,2,4-6,9-10,13-16,18H2,1H3/b17-3+/t19-,21-,23?,24?. The van der Waals surface area contributed by atoms with Crippen molar-refractivity contribution in [2.24, 2.45) is 17.8 Å². The number of halogens is 1. The first-order chi connectivity index (χ1) is 12.8. The highest BCUT2D eigenvalue weighted by atomic mass is 19.1. The Morgan fingerprint density at radius 3 is 2.12 bits per heavy atom. The van der Waals surface area contributed by atoms with Crippen LogP contribution in [0.4, 0.5) is 4.39 Å². The van der Waals surface area contributed by atoms with Gasteiger partial charge in [-0.2, -0.15) is 0 Å². The average Bonchev–Trinajstić information content (AvgIpc) is 2.70. The van der Waals surface area contributed by atoms with E-state index in [0.717, 1.165) is 30.1 Å². The van der Waals surface area contributed by atoms with Crippen LogP contribution >= 0.6 is 0 Å². The van der Waals surface area contributed by atoms with E-state index < -0.39 is 0 Å². The normalized spacial score (nSPS) is 29.9. The van der Waals surface area contributed by atoms with Crippen molar-refractivity contribution in [3.05, 3.63) is 47.8 Å². The second-order valence-electron chi connectivity index (χ2n) is 8.51. The summed E-state index contributed by atoms with van der Waals surface area (Å²) in [6.45, 7) is 0.708. The first-order valence-electron chi connectivity index (χ1n) is 10.6. The Labute approximate surface area is 159 Å². The summed E-state index contributed by atoms with van der Waals surface area (Å²) in [4.78, 5) is 0. The minimum atomic E-state index is 0.704. The van der Waals surface area contributed by atoms with Gasteiger partial charge in [0.1, 0.15) is 0 Å². The SMILES string of the molecule is COCc1ccc(C2CCC([C@H]3CC[C@H](CC/C=C/F)CC3)CC2)cc1. The molecule has 3 rings (SSSR count). The first kappa shape index (κ1) is 19.6. The van der Waals surface area contributed by atoms with Gasteiger partial charge in [0.05, 0.1) is 12.9 Å². The Kier molecular flexibility index (Phi) is 7.73. The molecule has 0 atom stereocenters. The van der Waals surface area contributed by atoms with Crippen LogP contribution < -0.4 is 0 Å². The molecule has 0 radical (unpaired) electrons. The van der Waals surface area contributed by atoms with Crippen LogP contribution in [0.2, 0.25) is 0 Å². The summed E-state index contributed by atoms with van der Waals surface area (Å²) in [7, 11) is 1.75. The van der Waals surface area contributed by atoms with Crippen molar-refractivity contribution < 1.29 is 9.13 Å². The molecule has 2 aliphatic rings. The summed E-state index contributed by atoms with van der Waals surface area (Å²) < 4.78 is 17.3. The van der Waals surface area contributed by atoms with Crippen LogP contribution in [-0.2, 0) is 11.3 Å². The second-order valence-corrected chi connectivity index (χ2v) is 8.51. The van der Waals surface area contributed by atoms with Gasteiger partial charge in [-0.1, -0.05) is 43.2 Å². The minimum Gasteiger partial charge on any atom is -0.380 e. The number of hydrogen-bond acceptors (Lipinski definition) is 1. The Bertz CT molecular complexity index is 534. The first-order valence-corrected chi connectivity index (χ1v) is 10.6. The van der Waals surface area contributed by atoms with E-state index in [-0.39, 0.29) is 0 Å². The maximum atomic E-state index is 12.1. The molecule has 2 aliphatic carbocycles. The number of allylic oxidation sites excluding steroid dienone is 1. The number of ether oxygens (including phenoxy) is 1. The number of benzene rings is 1. The highest BCUT2D eigenvalue weighted by Crippen LogP contribution is 2.44. The molecule has 0 bridgehead atoms. The number of hydrogen-bond donors (Lipinski definition) is 0. The molecule has 0 heterocycles. The van der Waals surface area contributed by atoms with E-state index >= 15 is 0 Å². The van der Waals surface area contributed by atoms with Crippen molar-refractivity contribution in [3.8, 4) is 0 Å². The van der Waals surface area contributed by atoms with Crippen LogP contribution in [0.15, 0.2) is 36.7 Å². The van der Waals surface area contributed by atoms with Gasteiger partial charge in [0.2, 0.25) is 0 Å². The van der Waals surface area contributed by atoms with Gasteiger partial charge >= 0.3 is 0 Å². The van der Waals surface area contributed by atoms with E-state index in [1.807, 2.05) is 0 Å². The smallest absolute Gasteiger partial charge is 0.0827 e. The van der Waals surface area contributed by atoms with Gasteiger partial charge in [0.25, 0.3) is 0 Å². The summed E-state index contributed by atoms with van der Waals surface area (Å²) in [5.74, 6) is 3.50. The number of methoxy groups -OCH3 is 1. The van der Waals surface area contributed by atoms with Crippen LogP contribution in [0.25, 0.3) is 0 Å². The molecule has 0 saturated heterocycles. The highest BCUT2D eigenvalue weighted by Gasteiger charge is 2.31. The van der Waals surface area contributed by atoms with Gasteiger partial charge < -0.3 is 4.74 Å². The topological polar surface area (TPSA) is 9.23 Å². The van der Waals surface area contributed by atoms with Crippen LogP contribution in [-0.4, -0.2) is 7.11 Å². The molecule has 26 heavy (non-hydrogen) atoms. The van der Waals surface area contributed by atoms with E-state index in [2.05, 4.69) is 24.3 Å². The highest BCUT2D eigenvalue weighted by molar-refractivity contribution is 5.25. The maximum absolute atomic E-state index is 12.1. The quantitative estimate of drug-likeness (QED) is 0.502. The summed E-state index contributed by atoms with van der Waals surface area (Å²) in [6, 6.07) is 9.08. The van der Waals surface area contributed by atoms with Crippen LogP contribution in [0.1, 0.15) is 81.3 Å². The van der Waals surface area contributed by atoms with Gasteiger partial charge in [-0.05, 0) is 86.2 Å². The lowest BCUT2D eigenvalue weighted by Crippen LogP contribution is -2.25. The van der Waals surface area contributed by atoms with E-state index in [9.17, 15) is 4.39 Å². The van der Waals surface area contributed by atoms with Crippen LogP contribution in [0.5, 0.6) is 0 Å². The van der Waals surface area contributed by atoms with E-state index in [1.54, 1.807) is 13.2 Å². The molecule has 0 unspecified atom stereocenters. The molecule has 2 saturated carbocycles. The van der Waals surface area contributed by atoms with Crippen molar-refractivity contribution in [3.63, 3.8) is 0 Å². The van der Waals surface area contributed by atoms with E-state index in [1.165, 1.54) is 68.9 Å². The Morgan fingerprint density at radius 2 is 1.54 bits per heavy atom. The molecule has 0 aliphatic heterocycles. The molecular formula is C24H35FO. The summed E-state index contributed by atoms with van der Waals surface area (Å²) >= 11 is 0. The lowest BCUT2D eigenvalue weighted by Gasteiger charge is -2.38. The fourth-order valence-corrected chi connectivity index (χ4v) is 5.32. The molecule has 0 aromatic heterocycles. The molecule has 0 spiro atoms. The third kappa shape index (κ3) is 5.42. The molecule has 1 aromatic carbocycles. The predicted molar refractivity (Wildman–Crippen MR) is 107 cm³/mol. The molecule has 0 N–H and O–H groups in total. The van der Waals surface area contributed by atoms with Gasteiger partial charge in [-0.15, -0.1) is 0 Å². The molecule has 0 amide bonds. The third-order valence-electron chi connectivity index (χ3n) is 6.92. The lowest BCUT2D eigenvalue weighted by atomic mass is 9.68. The number of rotatable bonds is 7. The molecule has 1 aromatic rings. The second kappa shape index (κ2) is 10.3. The lowest BCUT2D eigenvalue weighted by molar-refractivity contribution is 0.157. The van der Waals surface area contributed by atoms with E-state index in [0.29, 0.717) is 12.9 Å². The van der Waals surface area contributed by atoms with Crippen molar-refractivity contribution in [1.29, 1.82) is 0 Å². The minimum absolute atomic E-state index is 0.704. The van der Waals surface area contributed by atoms with Crippen molar-refractivity contribution in [2.75, 3.05) is 7.11 Å². The monoisotopic (exact) mass is 358 g/mol. The molecular weight excluding hydrogens is 323 g/mol. The molecule has 2 heteroatoms. The summed E-state index contributed by atoms with van der Waals surface area (Å²) in [5.41, 5.74) is 2.79. The largest absolute Gasteiger partial charge is 0.380 e. The summed E-state index contributed by atoms with van der Waals surface area (Å²) in [5, 5.41) is 0. The van der Waals surface area contributed by atoms with Crippen LogP contribution in [0.3, 0.4) is 0 Å². The average molecular weight is 359 g/mol. The molecule has 1 nitrogen and oxygen atoms in total. The van der Waals surface area contributed by atoms with Gasteiger partial charge in [0, 0.05) is 7.11 Å². The third-order valence-corrected chi connectivity index (χ3v) is 6.92. The fourth-order valence-electron chi connectivity index (χ4n) is 5.32.